The number of hydrogen-bond acceptors (Lipinski definition) is 4. The van der Waals surface area contributed by atoms with Crippen LogP contribution in [-0.2, 0) is 11.3 Å². The van der Waals surface area contributed by atoms with Crippen molar-refractivity contribution in [3.63, 3.8) is 0 Å². The van der Waals surface area contributed by atoms with Crippen LogP contribution in [0.1, 0.15) is 16.9 Å². The van der Waals surface area contributed by atoms with E-state index in [-0.39, 0.29) is 18.1 Å². The number of rotatable bonds is 2. The van der Waals surface area contributed by atoms with Gasteiger partial charge in [0.2, 0.25) is 5.91 Å². The summed E-state index contributed by atoms with van der Waals surface area (Å²) in [7, 11) is 0. The second-order valence-corrected chi connectivity index (χ2v) is 3.07. The lowest BCUT2D eigenvalue weighted by Gasteiger charge is -2.12. The maximum atomic E-state index is 11.5. The molecule has 0 bridgehead atoms. The second-order valence-electron chi connectivity index (χ2n) is 3.07. The van der Waals surface area contributed by atoms with Crippen LogP contribution in [0, 0.1) is 0 Å². The van der Waals surface area contributed by atoms with E-state index in [1.165, 1.54) is 6.33 Å². The SMILES string of the molecule is NCCn1cnc2c1C(=O)CC(=O)N2. The molecular formula is C8H10N4O2. The summed E-state index contributed by atoms with van der Waals surface area (Å²) in [4.78, 5) is 26.4. The number of ketones is 1. The van der Waals surface area contributed by atoms with E-state index in [0.717, 1.165) is 0 Å². The van der Waals surface area contributed by atoms with Crippen LogP contribution in [0.5, 0.6) is 0 Å². The minimum absolute atomic E-state index is 0.108. The molecule has 1 amide bonds. The number of nitrogens with one attached hydrogen (secondary N) is 1. The summed E-state index contributed by atoms with van der Waals surface area (Å²) >= 11 is 0. The first kappa shape index (κ1) is 8.89. The maximum Gasteiger partial charge on any atom is 0.233 e. The maximum absolute atomic E-state index is 11.5. The first-order valence-corrected chi connectivity index (χ1v) is 4.30. The van der Waals surface area contributed by atoms with Crippen LogP contribution in [0.2, 0.25) is 0 Å². The molecular weight excluding hydrogens is 184 g/mol. The lowest BCUT2D eigenvalue weighted by molar-refractivity contribution is -0.115. The number of anilines is 1. The summed E-state index contributed by atoms with van der Waals surface area (Å²) in [6, 6.07) is 0. The lowest BCUT2D eigenvalue weighted by atomic mass is 10.1. The first-order chi connectivity index (χ1) is 6.72. The Morgan fingerprint density at radius 1 is 1.57 bits per heavy atom. The van der Waals surface area contributed by atoms with Crippen molar-refractivity contribution in [3.8, 4) is 0 Å². The minimum Gasteiger partial charge on any atom is -0.329 e. The number of aromatic nitrogens is 2. The average molecular weight is 194 g/mol. The fraction of sp³-hybridized carbons (Fsp3) is 0.375. The number of carbonyl (C=O) groups is 2. The number of hydrogen-bond donors (Lipinski definition) is 2. The van der Waals surface area contributed by atoms with Gasteiger partial charge in [0.05, 0.1) is 12.7 Å². The summed E-state index contributed by atoms with van der Waals surface area (Å²) in [5, 5.41) is 2.54. The third kappa shape index (κ3) is 1.29. The van der Waals surface area contributed by atoms with Crippen molar-refractivity contribution in [1.29, 1.82) is 0 Å². The zero-order chi connectivity index (χ0) is 10.1. The van der Waals surface area contributed by atoms with Crippen LogP contribution in [0.15, 0.2) is 6.33 Å². The van der Waals surface area contributed by atoms with Gasteiger partial charge in [-0.1, -0.05) is 0 Å². The van der Waals surface area contributed by atoms with E-state index in [4.69, 9.17) is 5.73 Å². The molecule has 1 aromatic rings. The highest BCUT2D eigenvalue weighted by molar-refractivity contribution is 6.17. The van der Waals surface area contributed by atoms with Crippen LogP contribution in [0.4, 0.5) is 5.82 Å². The third-order valence-corrected chi connectivity index (χ3v) is 2.05. The van der Waals surface area contributed by atoms with E-state index < -0.39 is 0 Å². The average Bonchev–Trinajstić information content (AvgIpc) is 2.49. The molecule has 1 aromatic heterocycles. The number of amides is 1. The fourth-order valence-corrected chi connectivity index (χ4v) is 1.48. The van der Waals surface area contributed by atoms with Crippen molar-refractivity contribution >= 4 is 17.5 Å². The lowest BCUT2D eigenvalue weighted by Crippen LogP contribution is -2.26. The Balaban J connectivity index is 2.41. The molecule has 0 aliphatic carbocycles. The van der Waals surface area contributed by atoms with Crippen LogP contribution < -0.4 is 11.1 Å². The van der Waals surface area contributed by atoms with Gasteiger partial charge in [-0.3, -0.25) is 9.59 Å². The summed E-state index contributed by atoms with van der Waals surface area (Å²) in [6.07, 6.45) is 1.41. The molecule has 6 nitrogen and oxygen atoms in total. The number of nitrogens with two attached hydrogens (primary N) is 1. The van der Waals surface area contributed by atoms with Gasteiger partial charge in [-0.05, 0) is 0 Å². The quantitative estimate of drug-likeness (QED) is 0.613. The van der Waals surface area contributed by atoms with Gasteiger partial charge < -0.3 is 15.6 Å². The molecule has 2 heterocycles. The van der Waals surface area contributed by atoms with Crippen LogP contribution in [-0.4, -0.2) is 27.8 Å². The summed E-state index contributed by atoms with van der Waals surface area (Å²) in [6.45, 7) is 0.966. The van der Waals surface area contributed by atoms with Crippen molar-refractivity contribution in [2.75, 3.05) is 11.9 Å². The molecule has 1 aliphatic rings. The van der Waals surface area contributed by atoms with E-state index in [0.29, 0.717) is 24.6 Å². The molecule has 0 aromatic carbocycles. The van der Waals surface area contributed by atoms with Gasteiger partial charge in [-0.15, -0.1) is 0 Å². The summed E-state index contributed by atoms with van der Waals surface area (Å²) in [5.74, 6) is -0.158. The largest absolute Gasteiger partial charge is 0.329 e. The Labute approximate surface area is 80.1 Å². The molecule has 0 fully saturated rings. The zero-order valence-electron chi connectivity index (χ0n) is 7.49. The van der Waals surface area contributed by atoms with Gasteiger partial charge in [-0.2, -0.15) is 0 Å². The smallest absolute Gasteiger partial charge is 0.233 e. The molecule has 0 saturated heterocycles. The molecule has 0 radical (unpaired) electrons. The predicted octanol–water partition coefficient (Wildman–Crippen LogP) is -0.633. The van der Waals surface area contributed by atoms with E-state index in [2.05, 4.69) is 10.3 Å². The molecule has 3 N–H and O–H groups in total. The monoisotopic (exact) mass is 194 g/mol. The molecule has 0 atom stereocenters. The summed E-state index contributed by atoms with van der Waals surface area (Å²) in [5.41, 5.74) is 5.83. The normalized spacial score (nSPS) is 15.2. The Kier molecular flexibility index (Phi) is 2.05. The standard InChI is InChI=1S/C8H10N4O2/c9-1-2-12-4-10-8-7(12)5(13)3-6(14)11-8/h4H,1-3,9H2,(H,11,14). The highest BCUT2D eigenvalue weighted by Gasteiger charge is 2.26. The van der Waals surface area contributed by atoms with Crippen molar-refractivity contribution in [1.82, 2.24) is 9.55 Å². The topological polar surface area (TPSA) is 90.0 Å². The van der Waals surface area contributed by atoms with E-state index in [9.17, 15) is 9.59 Å². The second kappa shape index (κ2) is 3.22. The molecule has 0 saturated carbocycles. The highest BCUT2D eigenvalue weighted by Crippen LogP contribution is 2.20. The molecule has 6 heteroatoms. The van der Waals surface area contributed by atoms with Crippen LogP contribution in [0.3, 0.4) is 0 Å². The molecule has 2 rings (SSSR count). The van der Waals surface area contributed by atoms with Crippen molar-refractivity contribution in [2.24, 2.45) is 5.73 Å². The zero-order valence-corrected chi connectivity index (χ0v) is 7.49. The molecule has 1 aliphatic heterocycles. The van der Waals surface area contributed by atoms with Crippen LogP contribution >= 0.6 is 0 Å². The van der Waals surface area contributed by atoms with Gasteiger partial charge >= 0.3 is 0 Å². The van der Waals surface area contributed by atoms with Gasteiger partial charge in [-0.25, -0.2) is 4.98 Å². The van der Waals surface area contributed by atoms with Gasteiger partial charge in [0.1, 0.15) is 5.69 Å². The molecule has 0 unspecified atom stereocenters. The van der Waals surface area contributed by atoms with E-state index >= 15 is 0 Å². The Bertz CT molecular complexity index is 396. The number of nitrogens with zero attached hydrogens (tertiary/aromatic N) is 2. The predicted molar refractivity (Wildman–Crippen MR) is 48.9 cm³/mol. The van der Waals surface area contributed by atoms with E-state index in [1.807, 2.05) is 0 Å². The minimum atomic E-state index is -0.305. The molecule has 14 heavy (non-hydrogen) atoms. The summed E-state index contributed by atoms with van der Waals surface area (Å²) < 4.78 is 1.66. The van der Waals surface area contributed by atoms with Gasteiger partial charge in [0.25, 0.3) is 0 Å². The van der Waals surface area contributed by atoms with Gasteiger partial charge in [0.15, 0.2) is 11.6 Å². The van der Waals surface area contributed by atoms with Gasteiger partial charge in [0, 0.05) is 13.1 Å². The fourth-order valence-electron chi connectivity index (χ4n) is 1.48. The Hall–Kier alpha value is -1.69. The van der Waals surface area contributed by atoms with Crippen LogP contribution in [0.25, 0.3) is 0 Å². The van der Waals surface area contributed by atoms with Crippen molar-refractivity contribution < 1.29 is 9.59 Å². The molecule has 74 valence electrons. The first-order valence-electron chi connectivity index (χ1n) is 4.30. The Morgan fingerprint density at radius 2 is 2.36 bits per heavy atom. The number of carbonyl (C=O) groups excluding carboxylic acids is 2. The molecule has 0 spiro atoms. The Morgan fingerprint density at radius 3 is 3.07 bits per heavy atom. The van der Waals surface area contributed by atoms with Crippen molar-refractivity contribution in [2.45, 2.75) is 13.0 Å². The van der Waals surface area contributed by atoms with E-state index in [1.54, 1.807) is 4.57 Å². The van der Waals surface area contributed by atoms with Crippen molar-refractivity contribution in [3.05, 3.63) is 12.0 Å². The number of Topliss-reactive ketones (excluding diaryl/α,β-unsaturated/α-hetero) is 1. The number of fused-ring (bicyclic) bond motifs is 1. The third-order valence-electron chi connectivity index (χ3n) is 2.05. The number of imidazole rings is 1. The highest BCUT2D eigenvalue weighted by atomic mass is 16.2.